The molecule has 0 amide bonds. The molecule has 2 rings (SSSR count). The molecule has 86 valence electrons. The molecule has 0 atom stereocenters. The number of aliphatic carboxylic acids is 1. The van der Waals surface area contributed by atoms with E-state index in [1.165, 1.54) is 29.5 Å². The lowest BCUT2D eigenvalue weighted by atomic mass is 9.88. The van der Waals surface area contributed by atoms with Gasteiger partial charge in [-0.3, -0.25) is 0 Å². The normalized spacial score (nSPS) is 14.3. The fourth-order valence-corrected chi connectivity index (χ4v) is 2.28. The van der Waals surface area contributed by atoms with Gasteiger partial charge in [-0.05, 0) is 61.4 Å². The molecule has 3 nitrogen and oxygen atoms in total. The average Bonchev–Trinajstić information content (AvgIpc) is 2.26. The van der Waals surface area contributed by atoms with Crippen molar-refractivity contribution in [2.24, 2.45) is 0 Å². The van der Waals surface area contributed by atoms with E-state index in [9.17, 15) is 4.79 Å². The Morgan fingerprint density at radius 2 is 2.12 bits per heavy atom. The van der Waals surface area contributed by atoms with Gasteiger partial charge in [0.2, 0.25) is 0 Å². The Morgan fingerprint density at radius 1 is 1.38 bits per heavy atom. The van der Waals surface area contributed by atoms with Crippen LogP contribution in [-0.4, -0.2) is 17.7 Å². The molecule has 0 radical (unpaired) electrons. The summed E-state index contributed by atoms with van der Waals surface area (Å²) in [5.74, 6) is -0.254. The van der Waals surface area contributed by atoms with Crippen molar-refractivity contribution in [1.29, 1.82) is 0 Å². The zero-order valence-corrected chi connectivity index (χ0v) is 9.45. The number of rotatable bonds is 3. The molecule has 16 heavy (non-hydrogen) atoms. The van der Waals surface area contributed by atoms with Crippen LogP contribution in [-0.2, 0) is 17.6 Å². The second kappa shape index (κ2) is 4.56. The first-order valence-corrected chi connectivity index (χ1v) is 5.64. The molecule has 0 saturated carbocycles. The van der Waals surface area contributed by atoms with Gasteiger partial charge in [-0.15, -0.1) is 0 Å². The highest BCUT2D eigenvalue weighted by molar-refractivity contribution is 5.68. The smallest absolute Gasteiger partial charge is 0.341 e. The SMILES string of the molecule is Cc1cc(OCC(=O)O)cc2c1CCCC2. The van der Waals surface area contributed by atoms with Crippen molar-refractivity contribution < 1.29 is 14.6 Å². The molecule has 0 aliphatic heterocycles. The van der Waals surface area contributed by atoms with Crippen LogP contribution in [0.15, 0.2) is 12.1 Å². The Balaban J connectivity index is 2.21. The van der Waals surface area contributed by atoms with E-state index < -0.39 is 5.97 Å². The number of carboxylic acid groups (broad SMARTS) is 1. The van der Waals surface area contributed by atoms with Gasteiger partial charge in [-0.1, -0.05) is 0 Å². The maximum absolute atomic E-state index is 10.4. The number of benzene rings is 1. The third-order valence-corrected chi connectivity index (χ3v) is 3.02. The minimum atomic E-state index is -0.935. The van der Waals surface area contributed by atoms with E-state index in [2.05, 4.69) is 6.92 Å². The lowest BCUT2D eigenvalue weighted by molar-refractivity contribution is -0.139. The molecule has 3 heteroatoms. The Labute approximate surface area is 95.0 Å². The maximum Gasteiger partial charge on any atom is 0.341 e. The van der Waals surface area contributed by atoms with Crippen LogP contribution in [0.2, 0.25) is 0 Å². The zero-order valence-electron chi connectivity index (χ0n) is 9.45. The molecule has 1 aromatic rings. The van der Waals surface area contributed by atoms with Gasteiger partial charge in [0.05, 0.1) is 0 Å². The van der Waals surface area contributed by atoms with Crippen molar-refractivity contribution in [3.63, 3.8) is 0 Å². The van der Waals surface area contributed by atoms with Crippen molar-refractivity contribution in [2.75, 3.05) is 6.61 Å². The number of aryl methyl sites for hydroxylation is 2. The van der Waals surface area contributed by atoms with Crippen LogP contribution in [0.3, 0.4) is 0 Å². The molecule has 0 heterocycles. The number of carbonyl (C=O) groups is 1. The van der Waals surface area contributed by atoms with Crippen LogP contribution in [0, 0.1) is 6.92 Å². The lowest BCUT2D eigenvalue weighted by Crippen LogP contribution is -2.11. The summed E-state index contributed by atoms with van der Waals surface area (Å²) >= 11 is 0. The molecule has 0 fully saturated rings. The van der Waals surface area contributed by atoms with E-state index >= 15 is 0 Å². The number of ether oxygens (including phenoxy) is 1. The van der Waals surface area contributed by atoms with Crippen LogP contribution in [0.5, 0.6) is 5.75 Å². The molecule has 0 aromatic heterocycles. The third-order valence-electron chi connectivity index (χ3n) is 3.02. The number of hydrogen-bond donors (Lipinski definition) is 1. The summed E-state index contributed by atoms with van der Waals surface area (Å²) in [6.45, 7) is 1.80. The van der Waals surface area contributed by atoms with Gasteiger partial charge in [-0.25, -0.2) is 4.79 Å². The Morgan fingerprint density at radius 3 is 2.88 bits per heavy atom. The second-order valence-electron chi connectivity index (χ2n) is 4.27. The Bertz CT molecular complexity index is 410. The van der Waals surface area contributed by atoms with Gasteiger partial charge in [0.1, 0.15) is 5.75 Å². The molecular weight excluding hydrogens is 204 g/mol. The standard InChI is InChI=1S/C13H16O3/c1-9-6-11(16-8-13(14)15)7-10-4-2-3-5-12(9)10/h6-7H,2-5,8H2,1H3,(H,14,15). The summed E-state index contributed by atoms with van der Waals surface area (Å²) in [4.78, 5) is 10.4. The summed E-state index contributed by atoms with van der Waals surface area (Å²) in [5, 5.41) is 8.56. The summed E-state index contributed by atoms with van der Waals surface area (Å²) < 4.78 is 5.21. The van der Waals surface area contributed by atoms with E-state index in [-0.39, 0.29) is 6.61 Å². The minimum Gasteiger partial charge on any atom is -0.482 e. The van der Waals surface area contributed by atoms with Crippen molar-refractivity contribution >= 4 is 5.97 Å². The topological polar surface area (TPSA) is 46.5 Å². The summed E-state index contributed by atoms with van der Waals surface area (Å²) in [6.07, 6.45) is 4.69. The molecule has 1 N–H and O–H groups in total. The van der Waals surface area contributed by atoms with Crippen molar-refractivity contribution in [3.05, 3.63) is 28.8 Å². The first kappa shape index (κ1) is 11.0. The largest absolute Gasteiger partial charge is 0.482 e. The van der Waals surface area contributed by atoms with E-state index in [1.807, 2.05) is 12.1 Å². The van der Waals surface area contributed by atoms with Crippen LogP contribution in [0.4, 0.5) is 0 Å². The first-order valence-electron chi connectivity index (χ1n) is 5.64. The molecule has 0 unspecified atom stereocenters. The monoisotopic (exact) mass is 220 g/mol. The molecule has 0 saturated heterocycles. The summed E-state index contributed by atoms with van der Waals surface area (Å²) in [7, 11) is 0. The summed E-state index contributed by atoms with van der Waals surface area (Å²) in [5.41, 5.74) is 3.97. The van der Waals surface area contributed by atoms with Gasteiger partial charge in [0.25, 0.3) is 0 Å². The highest BCUT2D eigenvalue weighted by Gasteiger charge is 2.13. The number of hydrogen-bond acceptors (Lipinski definition) is 2. The van der Waals surface area contributed by atoms with Gasteiger partial charge < -0.3 is 9.84 Å². The van der Waals surface area contributed by atoms with Crippen molar-refractivity contribution in [3.8, 4) is 5.75 Å². The number of carboxylic acids is 1. The molecule has 1 aromatic carbocycles. The maximum atomic E-state index is 10.4. The van der Waals surface area contributed by atoms with Crippen LogP contribution in [0.1, 0.15) is 29.5 Å². The molecule has 0 spiro atoms. The van der Waals surface area contributed by atoms with Gasteiger partial charge in [0.15, 0.2) is 6.61 Å². The predicted molar refractivity (Wildman–Crippen MR) is 61.0 cm³/mol. The average molecular weight is 220 g/mol. The molecule has 0 bridgehead atoms. The van der Waals surface area contributed by atoms with E-state index in [4.69, 9.17) is 9.84 Å². The third kappa shape index (κ3) is 2.35. The van der Waals surface area contributed by atoms with Crippen LogP contribution >= 0.6 is 0 Å². The highest BCUT2D eigenvalue weighted by Crippen LogP contribution is 2.28. The van der Waals surface area contributed by atoms with E-state index in [1.54, 1.807) is 0 Å². The molecule has 1 aliphatic rings. The first-order chi connectivity index (χ1) is 7.66. The number of fused-ring (bicyclic) bond motifs is 1. The van der Waals surface area contributed by atoms with Crippen molar-refractivity contribution in [2.45, 2.75) is 32.6 Å². The molecular formula is C13H16O3. The zero-order chi connectivity index (χ0) is 11.5. The fraction of sp³-hybridized carbons (Fsp3) is 0.462. The Hall–Kier alpha value is -1.51. The van der Waals surface area contributed by atoms with E-state index in [0.29, 0.717) is 5.75 Å². The Kier molecular flexibility index (Phi) is 3.13. The molecule has 1 aliphatic carbocycles. The lowest BCUT2D eigenvalue weighted by Gasteiger charge is -2.19. The van der Waals surface area contributed by atoms with Crippen LogP contribution < -0.4 is 4.74 Å². The minimum absolute atomic E-state index is 0.266. The van der Waals surface area contributed by atoms with Gasteiger partial charge in [-0.2, -0.15) is 0 Å². The van der Waals surface area contributed by atoms with Crippen molar-refractivity contribution in [1.82, 2.24) is 0 Å². The summed E-state index contributed by atoms with van der Waals surface area (Å²) in [6, 6.07) is 3.93. The van der Waals surface area contributed by atoms with E-state index in [0.717, 1.165) is 12.8 Å². The van der Waals surface area contributed by atoms with Gasteiger partial charge in [0, 0.05) is 0 Å². The highest BCUT2D eigenvalue weighted by atomic mass is 16.5. The van der Waals surface area contributed by atoms with Crippen LogP contribution in [0.25, 0.3) is 0 Å². The van der Waals surface area contributed by atoms with Gasteiger partial charge >= 0.3 is 5.97 Å². The quantitative estimate of drug-likeness (QED) is 0.850. The second-order valence-corrected chi connectivity index (χ2v) is 4.27. The predicted octanol–water partition coefficient (Wildman–Crippen LogP) is 2.34. The fourth-order valence-electron chi connectivity index (χ4n) is 2.28.